The molecule has 30 heavy (non-hydrogen) atoms. The average Bonchev–Trinajstić information content (AvgIpc) is 3.32. The van der Waals surface area contributed by atoms with Crippen LogP contribution in [0.25, 0.3) is 22.4 Å². The Morgan fingerprint density at radius 1 is 1.10 bits per heavy atom. The molecule has 0 fully saturated rings. The third-order valence-corrected chi connectivity index (χ3v) is 5.00. The summed E-state index contributed by atoms with van der Waals surface area (Å²) in [4.78, 5) is 29.0. The van der Waals surface area contributed by atoms with Crippen LogP contribution in [0.15, 0.2) is 57.8 Å². The molecule has 0 spiro atoms. The predicted molar refractivity (Wildman–Crippen MR) is 111 cm³/mol. The maximum Gasteiger partial charge on any atom is 0.329 e. The molecule has 0 aliphatic carbocycles. The maximum atomic E-state index is 12.4. The van der Waals surface area contributed by atoms with Gasteiger partial charge in [-0.1, -0.05) is 55.4 Å². The average molecular weight is 406 g/mol. The number of esters is 1. The summed E-state index contributed by atoms with van der Waals surface area (Å²) < 4.78 is 13.3. The second-order valence-electron chi connectivity index (χ2n) is 7.37. The Morgan fingerprint density at radius 2 is 1.80 bits per heavy atom. The number of ether oxygens (including phenoxy) is 1. The number of para-hydroxylation sites is 2. The summed E-state index contributed by atoms with van der Waals surface area (Å²) in [6.45, 7) is 3.90. The first-order valence-electron chi connectivity index (χ1n) is 9.67. The van der Waals surface area contributed by atoms with Crippen LogP contribution in [0.4, 0.5) is 0 Å². The van der Waals surface area contributed by atoms with Gasteiger partial charge in [-0.15, -0.1) is 0 Å². The summed E-state index contributed by atoms with van der Waals surface area (Å²) >= 11 is 0. The Morgan fingerprint density at radius 3 is 2.50 bits per heavy atom. The van der Waals surface area contributed by atoms with E-state index in [0.29, 0.717) is 17.3 Å². The van der Waals surface area contributed by atoms with Gasteiger partial charge in [-0.25, -0.2) is 4.79 Å². The van der Waals surface area contributed by atoms with Crippen LogP contribution in [0.5, 0.6) is 0 Å². The lowest BCUT2D eigenvalue weighted by molar-refractivity contribution is -0.146. The van der Waals surface area contributed by atoms with E-state index in [1.165, 1.54) is 14.7 Å². The van der Waals surface area contributed by atoms with Crippen molar-refractivity contribution in [3.8, 4) is 11.4 Å². The zero-order chi connectivity index (χ0) is 21.3. The van der Waals surface area contributed by atoms with Crippen molar-refractivity contribution in [3.63, 3.8) is 0 Å². The number of benzene rings is 2. The van der Waals surface area contributed by atoms with E-state index < -0.39 is 5.97 Å². The SMILES string of the molecule is CC(C)c1ccc(-c2noc(COC(=O)Cn3c(=O)n(C)c4ccccc43)n2)cc1. The van der Waals surface area contributed by atoms with Gasteiger partial charge in [0.2, 0.25) is 5.82 Å². The van der Waals surface area contributed by atoms with Gasteiger partial charge in [-0.2, -0.15) is 4.98 Å². The van der Waals surface area contributed by atoms with Gasteiger partial charge in [0.1, 0.15) is 6.54 Å². The lowest BCUT2D eigenvalue weighted by atomic mass is 10.0. The molecule has 0 saturated heterocycles. The number of nitrogens with zero attached hydrogens (tertiary/aromatic N) is 4. The van der Waals surface area contributed by atoms with E-state index in [1.54, 1.807) is 13.1 Å². The molecule has 8 heteroatoms. The number of rotatable bonds is 6. The molecular formula is C22H22N4O4. The van der Waals surface area contributed by atoms with Crippen LogP contribution in [0, 0.1) is 0 Å². The molecule has 0 atom stereocenters. The van der Waals surface area contributed by atoms with Gasteiger partial charge in [0.25, 0.3) is 5.89 Å². The van der Waals surface area contributed by atoms with Crippen LogP contribution in [-0.2, 0) is 29.7 Å². The van der Waals surface area contributed by atoms with Crippen molar-refractivity contribution in [1.29, 1.82) is 0 Å². The predicted octanol–water partition coefficient (Wildman–Crippen LogP) is 3.26. The molecule has 0 saturated carbocycles. The zero-order valence-corrected chi connectivity index (χ0v) is 17.0. The summed E-state index contributed by atoms with van der Waals surface area (Å²) in [6.07, 6.45) is 0. The highest BCUT2D eigenvalue weighted by molar-refractivity contribution is 5.78. The van der Waals surface area contributed by atoms with E-state index in [4.69, 9.17) is 9.26 Å². The summed E-state index contributed by atoms with van der Waals surface area (Å²) in [5.74, 6) is 0.501. The minimum atomic E-state index is -0.561. The quantitative estimate of drug-likeness (QED) is 0.457. The molecular weight excluding hydrogens is 384 g/mol. The smallest absolute Gasteiger partial charge is 0.329 e. The van der Waals surface area contributed by atoms with E-state index in [2.05, 4.69) is 24.0 Å². The van der Waals surface area contributed by atoms with Crippen LogP contribution in [0.1, 0.15) is 31.2 Å². The van der Waals surface area contributed by atoms with Gasteiger partial charge < -0.3 is 9.26 Å². The second-order valence-corrected chi connectivity index (χ2v) is 7.37. The van der Waals surface area contributed by atoms with Crippen LogP contribution in [-0.4, -0.2) is 25.2 Å². The minimum absolute atomic E-state index is 0.157. The molecule has 154 valence electrons. The third-order valence-electron chi connectivity index (χ3n) is 5.00. The fourth-order valence-electron chi connectivity index (χ4n) is 3.28. The van der Waals surface area contributed by atoms with Crippen molar-refractivity contribution in [2.75, 3.05) is 0 Å². The number of hydrogen-bond acceptors (Lipinski definition) is 6. The van der Waals surface area contributed by atoms with Gasteiger partial charge >= 0.3 is 11.7 Å². The first kappa shape index (κ1) is 19.6. The molecule has 0 aliphatic heterocycles. The van der Waals surface area contributed by atoms with E-state index in [1.807, 2.05) is 42.5 Å². The van der Waals surface area contributed by atoms with Crippen LogP contribution in [0.3, 0.4) is 0 Å². The standard InChI is InChI=1S/C22H22N4O4/c1-14(2)15-8-10-16(11-9-15)21-23-19(30-24-21)13-29-20(27)12-26-18-7-5-4-6-17(18)25(3)22(26)28/h4-11,14H,12-13H2,1-3H3. The lowest BCUT2D eigenvalue weighted by Gasteiger charge is -2.04. The van der Waals surface area contributed by atoms with Gasteiger partial charge in [-0.05, 0) is 23.6 Å². The zero-order valence-electron chi connectivity index (χ0n) is 17.0. The fourth-order valence-corrected chi connectivity index (χ4v) is 3.28. The molecule has 0 bridgehead atoms. The maximum absolute atomic E-state index is 12.4. The molecule has 4 rings (SSSR count). The van der Waals surface area contributed by atoms with Crippen molar-refractivity contribution >= 4 is 17.0 Å². The molecule has 4 aromatic rings. The van der Waals surface area contributed by atoms with Gasteiger partial charge in [0, 0.05) is 12.6 Å². The number of aryl methyl sites for hydroxylation is 1. The number of carbonyl (C=O) groups excluding carboxylic acids is 1. The Labute approximate surface area is 172 Å². The molecule has 2 aromatic carbocycles. The number of carbonyl (C=O) groups is 1. The number of hydrogen-bond donors (Lipinski definition) is 0. The normalized spacial score (nSPS) is 11.3. The highest BCUT2D eigenvalue weighted by atomic mass is 16.6. The molecule has 2 heterocycles. The first-order valence-corrected chi connectivity index (χ1v) is 9.67. The van der Waals surface area contributed by atoms with Crippen LogP contribution < -0.4 is 5.69 Å². The molecule has 0 amide bonds. The minimum Gasteiger partial charge on any atom is -0.454 e. The monoisotopic (exact) mass is 406 g/mol. The van der Waals surface area contributed by atoms with E-state index in [0.717, 1.165) is 11.1 Å². The number of aromatic nitrogens is 4. The molecule has 0 aliphatic rings. The molecule has 0 N–H and O–H groups in total. The molecule has 8 nitrogen and oxygen atoms in total. The molecule has 0 unspecified atom stereocenters. The second kappa shape index (κ2) is 7.98. The Balaban J connectivity index is 1.42. The third kappa shape index (κ3) is 3.76. The van der Waals surface area contributed by atoms with Crippen molar-refractivity contribution < 1.29 is 14.1 Å². The number of fused-ring (bicyclic) bond motifs is 1. The van der Waals surface area contributed by atoms with Gasteiger partial charge in [0.05, 0.1) is 11.0 Å². The lowest BCUT2D eigenvalue weighted by Crippen LogP contribution is -2.26. The van der Waals surface area contributed by atoms with Crippen molar-refractivity contribution in [1.82, 2.24) is 19.3 Å². The summed E-state index contributed by atoms with van der Waals surface area (Å²) in [7, 11) is 1.67. The highest BCUT2D eigenvalue weighted by Gasteiger charge is 2.16. The largest absolute Gasteiger partial charge is 0.454 e. The topological polar surface area (TPSA) is 92.2 Å². The summed E-state index contributed by atoms with van der Waals surface area (Å²) in [5, 5.41) is 3.95. The summed E-state index contributed by atoms with van der Waals surface area (Å²) in [6, 6.07) is 15.2. The Kier molecular flexibility index (Phi) is 5.22. The van der Waals surface area contributed by atoms with Crippen LogP contribution >= 0.6 is 0 Å². The first-order chi connectivity index (χ1) is 14.4. The Bertz CT molecular complexity index is 1250. The molecule has 0 radical (unpaired) electrons. The van der Waals surface area contributed by atoms with E-state index in [9.17, 15) is 9.59 Å². The van der Waals surface area contributed by atoms with Crippen molar-refractivity contribution in [3.05, 3.63) is 70.5 Å². The van der Waals surface area contributed by atoms with Crippen molar-refractivity contribution in [2.24, 2.45) is 7.05 Å². The van der Waals surface area contributed by atoms with Gasteiger partial charge in [0.15, 0.2) is 6.61 Å². The fraction of sp³-hybridized carbons (Fsp3) is 0.273. The van der Waals surface area contributed by atoms with E-state index >= 15 is 0 Å². The van der Waals surface area contributed by atoms with Gasteiger partial charge in [-0.3, -0.25) is 13.9 Å². The Hall–Kier alpha value is -3.68. The van der Waals surface area contributed by atoms with Crippen LogP contribution in [0.2, 0.25) is 0 Å². The van der Waals surface area contributed by atoms with E-state index in [-0.39, 0.29) is 24.7 Å². The number of imidazole rings is 1. The highest BCUT2D eigenvalue weighted by Crippen LogP contribution is 2.20. The summed E-state index contributed by atoms with van der Waals surface area (Å²) in [5.41, 5.74) is 3.19. The van der Waals surface area contributed by atoms with Crippen molar-refractivity contribution in [2.45, 2.75) is 32.9 Å². The molecule has 2 aromatic heterocycles.